The van der Waals surface area contributed by atoms with Gasteiger partial charge in [0.15, 0.2) is 0 Å². The highest BCUT2D eigenvalue weighted by atomic mass is 16.2. The van der Waals surface area contributed by atoms with E-state index >= 15 is 0 Å². The van der Waals surface area contributed by atoms with Gasteiger partial charge in [0.25, 0.3) is 0 Å². The molecule has 0 aromatic heterocycles. The number of hydrogen-bond acceptors (Lipinski definition) is 2. The van der Waals surface area contributed by atoms with E-state index in [4.69, 9.17) is 5.73 Å². The average molecular weight is 224 g/mol. The van der Waals surface area contributed by atoms with Crippen LogP contribution < -0.4 is 11.1 Å². The van der Waals surface area contributed by atoms with Gasteiger partial charge in [0.2, 0.25) is 5.91 Å². The molecular weight excluding hydrogens is 200 g/mol. The van der Waals surface area contributed by atoms with E-state index < -0.39 is 0 Å². The number of hydrogen-bond donors (Lipinski definition) is 2. The summed E-state index contributed by atoms with van der Waals surface area (Å²) in [6.45, 7) is 2.66. The van der Waals surface area contributed by atoms with Gasteiger partial charge in [-0.2, -0.15) is 0 Å². The van der Waals surface area contributed by atoms with Gasteiger partial charge in [-0.3, -0.25) is 4.79 Å². The molecule has 2 rings (SSSR count). The van der Waals surface area contributed by atoms with Crippen LogP contribution >= 0.6 is 0 Å². The highest BCUT2D eigenvalue weighted by Gasteiger charge is 2.42. The summed E-state index contributed by atoms with van der Waals surface area (Å²) in [5.74, 6) is 0.219. The monoisotopic (exact) mass is 224 g/mol. The molecule has 0 bridgehead atoms. The van der Waals surface area contributed by atoms with Crippen molar-refractivity contribution >= 4 is 5.91 Å². The normalized spacial score (nSPS) is 26.9. The van der Waals surface area contributed by atoms with Gasteiger partial charge in [0.05, 0.1) is 5.41 Å². The standard InChI is InChI=1S/C13H24N2O/c1-12(6-5-7-12)15-11(16)13(10-14)8-3-2-4-9-13/h2-10,14H2,1H3,(H,15,16). The second kappa shape index (κ2) is 4.36. The van der Waals surface area contributed by atoms with Crippen molar-refractivity contribution in [1.82, 2.24) is 5.32 Å². The van der Waals surface area contributed by atoms with Crippen molar-refractivity contribution in [3.05, 3.63) is 0 Å². The Bertz CT molecular complexity index is 265. The van der Waals surface area contributed by atoms with E-state index in [9.17, 15) is 4.79 Å². The van der Waals surface area contributed by atoms with Crippen LogP contribution in [-0.4, -0.2) is 18.0 Å². The number of rotatable bonds is 3. The van der Waals surface area contributed by atoms with Crippen LogP contribution in [0, 0.1) is 5.41 Å². The summed E-state index contributed by atoms with van der Waals surface area (Å²) in [6, 6.07) is 0. The molecule has 0 aliphatic heterocycles. The zero-order valence-electron chi connectivity index (χ0n) is 10.3. The van der Waals surface area contributed by atoms with Crippen molar-refractivity contribution in [2.45, 2.75) is 63.8 Å². The Morgan fingerprint density at radius 3 is 2.19 bits per heavy atom. The minimum absolute atomic E-state index is 0.0662. The van der Waals surface area contributed by atoms with Crippen molar-refractivity contribution in [1.29, 1.82) is 0 Å². The van der Waals surface area contributed by atoms with Gasteiger partial charge in [-0.15, -0.1) is 0 Å². The third-order valence-electron chi connectivity index (χ3n) is 4.56. The van der Waals surface area contributed by atoms with E-state index in [1.807, 2.05) is 0 Å². The van der Waals surface area contributed by atoms with E-state index in [0.717, 1.165) is 38.5 Å². The molecule has 0 saturated heterocycles. The molecule has 3 N–H and O–H groups in total. The van der Waals surface area contributed by atoms with Crippen molar-refractivity contribution in [2.75, 3.05) is 6.54 Å². The fraction of sp³-hybridized carbons (Fsp3) is 0.923. The van der Waals surface area contributed by atoms with Crippen LogP contribution in [0.25, 0.3) is 0 Å². The second-order valence-corrected chi connectivity index (χ2v) is 5.91. The Morgan fingerprint density at radius 1 is 1.12 bits per heavy atom. The van der Waals surface area contributed by atoms with Crippen molar-refractivity contribution in [3.63, 3.8) is 0 Å². The Labute approximate surface area is 98.2 Å². The molecule has 0 radical (unpaired) electrons. The Hall–Kier alpha value is -0.570. The first-order valence-electron chi connectivity index (χ1n) is 6.63. The lowest BCUT2D eigenvalue weighted by atomic mass is 9.71. The van der Waals surface area contributed by atoms with Gasteiger partial charge in [-0.1, -0.05) is 19.3 Å². The molecule has 16 heavy (non-hydrogen) atoms. The van der Waals surface area contributed by atoms with Crippen molar-refractivity contribution in [2.24, 2.45) is 11.1 Å². The molecule has 92 valence electrons. The first-order valence-corrected chi connectivity index (χ1v) is 6.63. The van der Waals surface area contributed by atoms with Crippen LogP contribution in [0.1, 0.15) is 58.3 Å². The summed E-state index contributed by atoms with van der Waals surface area (Å²) in [5.41, 5.74) is 5.67. The summed E-state index contributed by atoms with van der Waals surface area (Å²) in [7, 11) is 0. The SMILES string of the molecule is CC1(NC(=O)C2(CN)CCCCC2)CCC1. The van der Waals surface area contributed by atoms with Gasteiger partial charge in [-0.25, -0.2) is 0 Å². The molecule has 3 nitrogen and oxygen atoms in total. The second-order valence-electron chi connectivity index (χ2n) is 5.91. The lowest BCUT2D eigenvalue weighted by Crippen LogP contribution is -2.57. The maximum absolute atomic E-state index is 12.4. The van der Waals surface area contributed by atoms with Crippen LogP contribution in [-0.2, 0) is 4.79 Å². The largest absolute Gasteiger partial charge is 0.350 e. The summed E-state index contributed by atoms with van der Waals surface area (Å²) >= 11 is 0. The van der Waals surface area contributed by atoms with Gasteiger partial charge >= 0.3 is 0 Å². The molecule has 0 aromatic rings. The minimum Gasteiger partial charge on any atom is -0.350 e. The van der Waals surface area contributed by atoms with Gasteiger partial charge in [0, 0.05) is 12.1 Å². The average Bonchev–Trinajstić information content (AvgIpc) is 2.27. The summed E-state index contributed by atoms with van der Waals surface area (Å²) in [5, 5.41) is 3.24. The number of nitrogens with one attached hydrogen (secondary N) is 1. The number of carbonyl (C=O) groups is 1. The molecule has 3 heteroatoms. The lowest BCUT2D eigenvalue weighted by molar-refractivity contribution is -0.135. The summed E-state index contributed by atoms with van der Waals surface area (Å²) < 4.78 is 0. The van der Waals surface area contributed by atoms with E-state index in [1.165, 1.54) is 12.8 Å². The molecular formula is C13H24N2O. The maximum Gasteiger partial charge on any atom is 0.227 e. The predicted molar refractivity (Wildman–Crippen MR) is 65.0 cm³/mol. The molecule has 2 fully saturated rings. The fourth-order valence-electron chi connectivity index (χ4n) is 2.99. The first-order chi connectivity index (χ1) is 7.60. The van der Waals surface area contributed by atoms with Crippen LogP contribution in [0.3, 0.4) is 0 Å². The molecule has 0 unspecified atom stereocenters. The smallest absolute Gasteiger partial charge is 0.227 e. The Kier molecular flexibility index (Phi) is 3.24. The lowest BCUT2D eigenvalue weighted by Gasteiger charge is -2.43. The molecule has 0 heterocycles. The number of amides is 1. The highest BCUT2D eigenvalue weighted by Crippen LogP contribution is 2.38. The van der Waals surface area contributed by atoms with E-state index in [-0.39, 0.29) is 16.9 Å². The van der Waals surface area contributed by atoms with E-state index in [1.54, 1.807) is 0 Å². The third-order valence-corrected chi connectivity index (χ3v) is 4.56. The zero-order valence-corrected chi connectivity index (χ0v) is 10.3. The predicted octanol–water partition coefficient (Wildman–Crippen LogP) is 1.95. The molecule has 0 spiro atoms. The first kappa shape index (κ1) is 11.9. The summed E-state index contributed by atoms with van der Waals surface area (Å²) in [6.07, 6.45) is 9.01. The van der Waals surface area contributed by atoms with E-state index in [2.05, 4.69) is 12.2 Å². The van der Waals surface area contributed by atoms with Crippen LogP contribution in [0.5, 0.6) is 0 Å². The van der Waals surface area contributed by atoms with Crippen LogP contribution in [0.2, 0.25) is 0 Å². The third kappa shape index (κ3) is 2.10. The number of nitrogens with two attached hydrogens (primary N) is 1. The van der Waals surface area contributed by atoms with Gasteiger partial charge in [-0.05, 0) is 39.0 Å². The minimum atomic E-state index is -0.253. The molecule has 2 aliphatic carbocycles. The maximum atomic E-state index is 12.4. The highest BCUT2D eigenvalue weighted by molar-refractivity contribution is 5.83. The quantitative estimate of drug-likeness (QED) is 0.770. The molecule has 0 atom stereocenters. The molecule has 2 saturated carbocycles. The van der Waals surface area contributed by atoms with Crippen molar-refractivity contribution in [3.8, 4) is 0 Å². The van der Waals surface area contributed by atoms with Crippen LogP contribution in [0.4, 0.5) is 0 Å². The molecule has 0 aromatic carbocycles. The fourth-order valence-corrected chi connectivity index (χ4v) is 2.99. The van der Waals surface area contributed by atoms with Crippen LogP contribution in [0.15, 0.2) is 0 Å². The Balaban J connectivity index is 1.99. The van der Waals surface area contributed by atoms with E-state index in [0.29, 0.717) is 6.54 Å². The zero-order chi connectivity index (χ0) is 11.6. The topological polar surface area (TPSA) is 55.1 Å². The van der Waals surface area contributed by atoms with Crippen molar-refractivity contribution < 1.29 is 4.79 Å². The number of carbonyl (C=O) groups excluding carboxylic acids is 1. The van der Waals surface area contributed by atoms with Gasteiger partial charge < -0.3 is 11.1 Å². The molecule has 1 amide bonds. The summed E-state index contributed by atoms with van der Waals surface area (Å²) in [4.78, 5) is 12.4. The van der Waals surface area contributed by atoms with Gasteiger partial charge in [0.1, 0.15) is 0 Å². The molecule has 2 aliphatic rings. The Morgan fingerprint density at radius 2 is 1.75 bits per heavy atom.